The van der Waals surface area contributed by atoms with Gasteiger partial charge in [-0.2, -0.15) is 0 Å². The normalized spacial score (nSPS) is 9.91. The molecule has 0 aliphatic rings. The topological polar surface area (TPSA) is 24.1 Å². The van der Waals surface area contributed by atoms with Crippen LogP contribution in [-0.4, -0.2) is 26.7 Å². The highest BCUT2D eigenvalue weighted by atomic mass is 14.9. The van der Waals surface area contributed by atoms with Gasteiger partial charge in [-0.3, -0.25) is 0 Å². The van der Waals surface area contributed by atoms with Gasteiger partial charge in [-0.1, -0.05) is 6.08 Å². The van der Waals surface area contributed by atoms with E-state index in [1.165, 1.54) is 12.8 Å². The zero-order valence-corrected chi connectivity index (χ0v) is 7.53. The molecule has 0 unspecified atom stereocenters. The first-order valence-electron chi connectivity index (χ1n) is 4.38. The fourth-order valence-electron chi connectivity index (χ4n) is 0.887. The number of rotatable bonds is 8. The monoisotopic (exact) mass is 156 g/mol. The minimum atomic E-state index is 1.11. The van der Waals surface area contributed by atoms with Crippen LogP contribution in [0.5, 0.6) is 0 Å². The van der Waals surface area contributed by atoms with E-state index < -0.39 is 0 Å². The van der Waals surface area contributed by atoms with E-state index in [1.807, 2.05) is 13.1 Å². The average molecular weight is 156 g/mol. The largest absolute Gasteiger partial charge is 0.320 e. The van der Waals surface area contributed by atoms with Gasteiger partial charge in [-0.25, -0.2) is 0 Å². The fourth-order valence-corrected chi connectivity index (χ4v) is 0.887. The maximum absolute atomic E-state index is 3.67. The Morgan fingerprint density at radius 1 is 1.18 bits per heavy atom. The van der Waals surface area contributed by atoms with E-state index in [1.54, 1.807) is 0 Å². The Morgan fingerprint density at radius 3 is 2.55 bits per heavy atom. The van der Waals surface area contributed by atoms with Gasteiger partial charge in [-0.05, 0) is 45.9 Å². The zero-order valence-electron chi connectivity index (χ0n) is 7.53. The molecule has 0 aliphatic carbocycles. The van der Waals surface area contributed by atoms with E-state index >= 15 is 0 Å². The zero-order chi connectivity index (χ0) is 8.36. The quantitative estimate of drug-likeness (QED) is 0.407. The van der Waals surface area contributed by atoms with Gasteiger partial charge in [0.15, 0.2) is 0 Å². The molecule has 0 saturated carbocycles. The Balaban J connectivity index is 2.74. The third kappa shape index (κ3) is 9.66. The molecule has 0 radical (unpaired) electrons. The van der Waals surface area contributed by atoms with Crippen molar-refractivity contribution in [1.29, 1.82) is 0 Å². The number of hydrogen-bond donors (Lipinski definition) is 2. The summed E-state index contributed by atoms with van der Waals surface area (Å²) in [6, 6.07) is 0. The molecule has 0 fully saturated rings. The molecule has 66 valence electrons. The third-order valence-electron chi connectivity index (χ3n) is 1.54. The van der Waals surface area contributed by atoms with Gasteiger partial charge in [0.2, 0.25) is 0 Å². The molecular weight excluding hydrogens is 136 g/mol. The van der Waals surface area contributed by atoms with Crippen molar-refractivity contribution in [2.24, 2.45) is 0 Å². The maximum atomic E-state index is 3.67. The second-order valence-electron chi connectivity index (χ2n) is 2.64. The van der Waals surface area contributed by atoms with Crippen molar-refractivity contribution in [3.63, 3.8) is 0 Å². The van der Waals surface area contributed by atoms with Crippen LogP contribution in [0.3, 0.4) is 0 Å². The predicted molar refractivity (Wildman–Crippen MR) is 50.8 cm³/mol. The van der Waals surface area contributed by atoms with E-state index in [0.717, 1.165) is 26.1 Å². The van der Waals surface area contributed by atoms with Crippen LogP contribution in [0, 0.1) is 0 Å². The molecule has 0 rings (SSSR count). The molecule has 0 aliphatic heterocycles. The summed E-state index contributed by atoms with van der Waals surface area (Å²) in [6.07, 6.45) is 5.52. The molecule has 11 heavy (non-hydrogen) atoms. The number of nitrogens with one attached hydrogen (secondary N) is 2. The smallest absolute Gasteiger partial charge is 0.00368 e. The van der Waals surface area contributed by atoms with Gasteiger partial charge in [0.05, 0.1) is 0 Å². The van der Waals surface area contributed by atoms with Crippen LogP contribution in [0.1, 0.15) is 19.3 Å². The van der Waals surface area contributed by atoms with Crippen LogP contribution >= 0.6 is 0 Å². The summed E-state index contributed by atoms with van der Waals surface area (Å²) < 4.78 is 0. The lowest BCUT2D eigenvalue weighted by molar-refractivity contribution is 0.609. The van der Waals surface area contributed by atoms with Crippen molar-refractivity contribution >= 4 is 0 Å². The van der Waals surface area contributed by atoms with Gasteiger partial charge in [0.25, 0.3) is 0 Å². The Hall–Kier alpha value is -0.340. The van der Waals surface area contributed by atoms with Crippen LogP contribution < -0.4 is 10.6 Å². The summed E-state index contributed by atoms with van der Waals surface area (Å²) in [6.45, 7) is 7.02. The molecule has 2 nitrogen and oxygen atoms in total. The van der Waals surface area contributed by atoms with E-state index in [-0.39, 0.29) is 0 Å². The average Bonchev–Trinajstić information content (AvgIpc) is 2.03. The lowest BCUT2D eigenvalue weighted by atomic mass is 10.3. The summed E-state index contributed by atoms with van der Waals surface area (Å²) in [5.74, 6) is 0. The van der Waals surface area contributed by atoms with Crippen molar-refractivity contribution in [2.45, 2.75) is 19.3 Å². The first-order valence-corrected chi connectivity index (χ1v) is 4.38. The van der Waals surface area contributed by atoms with Crippen molar-refractivity contribution in [3.05, 3.63) is 12.7 Å². The molecule has 0 heterocycles. The van der Waals surface area contributed by atoms with Crippen molar-refractivity contribution in [3.8, 4) is 0 Å². The summed E-state index contributed by atoms with van der Waals surface area (Å²) in [5, 5.41) is 6.48. The van der Waals surface area contributed by atoms with E-state index in [9.17, 15) is 0 Å². The van der Waals surface area contributed by atoms with Crippen molar-refractivity contribution in [1.82, 2.24) is 10.6 Å². The molecule has 0 aromatic carbocycles. The minimum Gasteiger partial charge on any atom is -0.320 e. The van der Waals surface area contributed by atoms with E-state index in [0.29, 0.717) is 0 Å². The highest BCUT2D eigenvalue weighted by Gasteiger charge is 1.85. The number of allylic oxidation sites excluding steroid dienone is 1. The fraction of sp³-hybridized carbons (Fsp3) is 0.778. The number of hydrogen-bond acceptors (Lipinski definition) is 2. The van der Waals surface area contributed by atoms with Gasteiger partial charge >= 0.3 is 0 Å². The first-order chi connectivity index (χ1) is 5.41. The lowest BCUT2D eigenvalue weighted by Crippen LogP contribution is -2.20. The van der Waals surface area contributed by atoms with Gasteiger partial charge in [0.1, 0.15) is 0 Å². The van der Waals surface area contributed by atoms with Crippen molar-refractivity contribution in [2.75, 3.05) is 26.7 Å². The SMILES string of the molecule is C=CCCCNCCCNC. The Kier molecular flexibility index (Phi) is 9.36. The molecule has 0 saturated heterocycles. The standard InChI is InChI=1S/C9H20N2/c1-3-4-5-8-11-9-6-7-10-2/h3,10-11H,1,4-9H2,2H3. The lowest BCUT2D eigenvalue weighted by Gasteiger charge is -2.02. The van der Waals surface area contributed by atoms with E-state index in [2.05, 4.69) is 17.2 Å². The first kappa shape index (κ1) is 10.7. The molecular formula is C9H20N2. The highest BCUT2D eigenvalue weighted by molar-refractivity contribution is 4.66. The predicted octanol–water partition coefficient (Wildman–Crippen LogP) is 1.15. The summed E-state index contributed by atoms with van der Waals surface area (Å²) in [4.78, 5) is 0. The van der Waals surface area contributed by atoms with Crippen LogP contribution in [0.15, 0.2) is 12.7 Å². The Labute approximate surface area is 70.1 Å². The maximum Gasteiger partial charge on any atom is -0.00368 e. The number of unbranched alkanes of at least 4 members (excludes halogenated alkanes) is 1. The van der Waals surface area contributed by atoms with Crippen LogP contribution in [0.25, 0.3) is 0 Å². The summed E-state index contributed by atoms with van der Waals surface area (Å²) in [5.41, 5.74) is 0. The molecule has 0 aromatic heterocycles. The third-order valence-corrected chi connectivity index (χ3v) is 1.54. The minimum absolute atomic E-state index is 1.11. The van der Waals surface area contributed by atoms with Crippen LogP contribution in [0.4, 0.5) is 0 Å². The van der Waals surface area contributed by atoms with Crippen LogP contribution in [0.2, 0.25) is 0 Å². The Bertz CT molecular complexity index is 81.6. The summed E-state index contributed by atoms with van der Waals surface area (Å²) >= 11 is 0. The molecule has 0 spiro atoms. The van der Waals surface area contributed by atoms with E-state index in [4.69, 9.17) is 0 Å². The second-order valence-corrected chi connectivity index (χ2v) is 2.64. The van der Waals surface area contributed by atoms with Gasteiger partial charge in [0, 0.05) is 0 Å². The Morgan fingerprint density at radius 2 is 1.91 bits per heavy atom. The molecule has 0 aromatic rings. The second kappa shape index (κ2) is 9.66. The van der Waals surface area contributed by atoms with Gasteiger partial charge in [-0.15, -0.1) is 6.58 Å². The molecule has 2 N–H and O–H groups in total. The van der Waals surface area contributed by atoms with Crippen LogP contribution in [-0.2, 0) is 0 Å². The highest BCUT2D eigenvalue weighted by Crippen LogP contribution is 1.85. The molecule has 2 heteroatoms. The van der Waals surface area contributed by atoms with Crippen molar-refractivity contribution < 1.29 is 0 Å². The molecule has 0 bridgehead atoms. The molecule has 0 atom stereocenters. The van der Waals surface area contributed by atoms with Gasteiger partial charge < -0.3 is 10.6 Å². The molecule has 0 amide bonds. The summed E-state index contributed by atoms with van der Waals surface area (Å²) in [7, 11) is 1.98.